The number of rotatable bonds is 10. The van der Waals surface area contributed by atoms with Crippen LogP contribution in [0.2, 0.25) is 15.1 Å². The number of esters is 1. The molecular formula is C30H26BrCl3N4O4S. The van der Waals surface area contributed by atoms with Crippen molar-refractivity contribution in [2.45, 2.75) is 37.4 Å². The van der Waals surface area contributed by atoms with E-state index in [1.165, 1.54) is 18.9 Å². The average molecular weight is 725 g/mol. The van der Waals surface area contributed by atoms with Crippen molar-refractivity contribution < 1.29 is 19.0 Å². The van der Waals surface area contributed by atoms with Gasteiger partial charge < -0.3 is 19.5 Å². The van der Waals surface area contributed by atoms with Crippen LogP contribution in [0.4, 0.5) is 5.95 Å². The number of aromatic nitrogens is 3. The summed E-state index contributed by atoms with van der Waals surface area (Å²) in [5.41, 5.74) is 3.44. The van der Waals surface area contributed by atoms with E-state index >= 15 is 0 Å². The second-order valence-corrected chi connectivity index (χ2v) is 12.4. The van der Waals surface area contributed by atoms with Crippen LogP contribution in [-0.2, 0) is 21.9 Å². The van der Waals surface area contributed by atoms with Crippen LogP contribution >= 0.6 is 62.5 Å². The van der Waals surface area contributed by atoms with Gasteiger partial charge in [0.25, 0.3) is 0 Å². The van der Waals surface area contributed by atoms with Gasteiger partial charge in [-0.25, -0.2) is 9.48 Å². The number of carbonyl (C=O) groups excluding carboxylic acids is 1. The summed E-state index contributed by atoms with van der Waals surface area (Å²) in [5, 5.41) is 10.2. The highest BCUT2D eigenvalue weighted by molar-refractivity contribution is 9.10. The minimum atomic E-state index is -0.666. The van der Waals surface area contributed by atoms with Gasteiger partial charge in [0, 0.05) is 32.1 Å². The molecule has 1 N–H and O–H groups in total. The van der Waals surface area contributed by atoms with Crippen LogP contribution < -0.4 is 14.8 Å². The summed E-state index contributed by atoms with van der Waals surface area (Å²) in [6.45, 7) is 4.26. The van der Waals surface area contributed by atoms with Crippen molar-refractivity contribution in [2.24, 2.45) is 0 Å². The number of carbonyl (C=O) groups is 1. The Morgan fingerprint density at radius 2 is 1.86 bits per heavy atom. The predicted octanol–water partition coefficient (Wildman–Crippen LogP) is 8.73. The average Bonchev–Trinajstić information content (AvgIpc) is 3.38. The van der Waals surface area contributed by atoms with E-state index in [0.29, 0.717) is 71.3 Å². The molecule has 0 bridgehead atoms. The van der Waals surface area contributed by atoms with Crippen LogP contribution in [0.1, 0.15) is 36.6 Å². The predicted molar refractivity (Wildman–Crippen MR) is 174 cm³/mol. The maximum atomic E-state index is 13.1. The quantitative estimate of drug-likeness (QED) is 0.128. The Morgan fingerprint density at radius 1 is 1.07 bits per heavy atom. The lowest BCUT2D eigenvalue weighted by Crippen LogP contribution is -2.29. The van der Waals surface area contributed by atoms with Crippen LogP contribution in [0.15, 0.2) is 75.5 Å². The number of benzene rings is 3. The lowest BCUT2D eigenvalue weighted by atomic mass is 9.95. The monoisotopic (exact) mass is 722 g/mol. The lowest BCUT2D eigenvalue weighted by Gasteiger charge is -2.28. The topological polar surface area (TPSA) is 87.5 Å². The Morgan fingerprint density at radius 3 is 2.58 bits per heavy atom. The molecule has 0 amide bonds. The van der Waals surface area contributed by atoms with E-state index in [4.69, 9.17) is 59.1 Å². The van der Waals surface area contributed by atoms with Crippen molar-refractivity contribution >= 4 is 74.4 Å². The molecule has 4 aromatic rings. The number of halogens is 4. The van der Waals surface area contributed by atoms with Crippen molar-refractivity contribution in [2.75, 3.05) is 19.0 Å². The SMILES string of the molecule is CCOc1cc(C2C(C(=O)OC)=C(C)Nc3nc(SCc4ccccc4Cl)nn32)cc(Br)c1OCc1ccc(Cl)cc1Cl. The largest absolute Gasteiger partial charge is 0.490 e. The molecule has 1 aliphatic rings. The molecule has 13 heteroatoms. The number of anilines is 1. The number of allylic oxidation sites excluding steroid dienone is 1. The lowest BCUT2D eigenvalue weighted by molar-refractivity contribution is -0.136. The van der Waals surface area contributed by atoms with E-state index < -0.39 is 12.0 Å². The molecule has 0 radical (unpaired) electrons. The van der Waals surface area contributed by atoms with Crippen LogP contribution in [0.25, 0.3) is 0 Å². The fourth-order valence-electron chi connectivity index (χ4n) is 4.57. The van der Waals surface area contributed by atoms with E-state index in [2.05, 4.69) is 21.2 Å². The zero-order valence-corrected chi connectivity index (χ0v) is 28.0. The second-order valence-electron chi connectivity index (χ2n) is 9.39. The Kier molecular flexibility index (Phi) is 10.1. The number of thioether (sulfide) groups is 1. The third-order valence-electron chi connectivity index (χ3n) is 6.59. The first-order chi connectivity index (χ1) is 20.7. The molecule has 0 spiro atoms. The number of fused-ring (bicyclic) bond motifs is 1. The minimum Gasteiger partial charge on any atom is -0.490 e. The molecule has 1 aliphatic heterocycles. The molecule has 0 fully saturated rings. The highest BCUT2D eigenvalue weighted by atomic mass is 79.9. The molecule has 2 heterocycles. The molecule has 224 valence electrons. The standard InChI is InChI=1S/C30H26BrCl3N4O4S/c1-4-41-24-12-19(11-21(31)27(24)42-14-17-9-10-20(32)13-23(17)34)26-25(28(39)40-3)16(2)35-29-36-30(37-38(26)29)43-15-18-7-5-6-8-22(18)33/h5-13,26H,4,14-15H2,1-3H3,(H,35,36,37). The van der Waals surface area contributed by atoms with Crippen molar-refractivity contribution in [3.63, 3.8) is 0 Å². The number of hydrogen-bond donors (Lipinski definition) is 1. The molecule has 1 unspecified atom stereocenters. The summed E-state index contributed by atoms with van der Waals surface area (Å²) in [7, 11) is 1.35. The van der Waals surface area contributed by atoms with Gasteiger partial charge in [-0.05, 0) is 71.2 Å². The molecule has 5 rings (SSSR count). The molecule has 1 aromatic heterocycles. The number of hydrogen-bond acceptors (Lipinski definition) is 8. The third kappa shape index (κ3) is 6.94. The highest BCUT2D eigenvalue weighted by Gasteiger charge is 2.36. The zero-order chi connectivity index (χ0) is 30.7. The van der Waals surface area contributed by atoms with Crippen molar-refractivity contribution in [3.8, 4) is 11.5 Å². The number of nitrogens with zero attached hydrogens (tertiary/aromatic N) is 3. The fourth-order valence-corrected chi connectivity index (χ4v) is 6.72. The van der Waals surface area contributed by atoms with Crippen molar-refractivity contribution in [1.29, 1.82) is 0 Å². The van der Waals surface area contributed by atoms with Crippen LogP contribution in [-0.4, -0.2) is 34.5 Å². The zero-order valence-electron chi connectivity index (χ0n) is 23.3. The van der Waals surface area contributed by atoms with Gasteiger partial charge in [0.05, 0.1) is 23.8 Å². The summed E-state index contributed by atoms with van der Waals surface area (Å²) in [6.07, 6.45) is 0. The van der Waals surface area contributed by atoms with Crippen molar-refractivity contribution in [3.05, 3.63) is 102 Å². The Bertz CT molecular complexity index is 1710. The van der Waals surface area contributed by atoms with Gasteiger partial charge in [-0.1, -0.05) is 70.8 Å². The van der Waals surface area contributed by atoms with Crippen LogP contribution in [0.3, 0.4) is 0 Å². The van der Waals surface area contributed by atoms with Gasteiger partial charge in [-0.3, -0.25) is 0 Å². The maximum Gasteiger partial charge on any atom is 0.338 e. The summed E-state index contributed by atoms with van der Waals surface area (Å²) in [6, 6.07) is 15.9. The number of methoxy groups -OCH3 is 1. The normalized spacial score (nSPS) is 14.3. The van der Waals surface area contributed by atoms with Crippen LogP contribution in [0, 0.1) is 0 Å². The smallest absolute Gasteiger partial charge is 0.338 e. The molecular weight excluding hydrogens is 699 g/mol. The Balaban J connectivity index is 1.52. The summed E-state index contributed by atoms with van der Waals surface area (Å²) in [4.78, 5) is 17.8. The number of ether oxygens (including phenoxy) is 3. The van der Waals surface area contributed by atoms with E-state index in [1.54, 1.807) is 23.7 Å². The number of nitrogens with one attached hydrogen (secondary N) is 1. The van der Waals surface area contributed by atoms with Gasteiger partial charge in [0.1, 0.15) is 12.6 Å². The first-order valence-corrected chi connectivity index (χ1v) is 16.0. The molecule has 3 aromatic carbocycles. The molecule has 0 saturated carbocycles. The van der Waals surface area contributed by atoms with E-state index in [1.807, 2.05) is 49.4 Å². The molecule has 8 nitrogen and oxygen atoms in total. The molecule has 0 saturated heterocycles. The Hall–Kier alpha value is -2.89. The van der Waals surface area contributed by atoms with Gasteiger partial charge in [-0.15, -0.1) is 5.10 Å². The first kappa shape index (κ1) is 31.5. The highest BCUT2D eigenvalue weighted by Crippen LogP contribution is 2.44. The second kappa shape index (κ2) is 13.8. The maximum absolute atomic E-state index is 13.1. The van der Waals surface area contributed by atoms with Crippen molar-refractivity contribution in [1.82, 2.24) is 14.8 Å². The minimum absolute atomic E-state index is 0.188. The Labute approximate surface area is 276 Å². The summed E-state index contributed by atoms with van der Waals surface area (Å²) < 4.78 is 19.7. The van der Waals surface area contributed by atoms with Gasteiger partial charge in [-0.2, -0.15) is 4.98 Å². The van der Waals surface area contributed by atoms with E-state index in [9.17, 15) is 4.79 Å². The van der Waals surface area contributed by atoms with Gasteiger partial charge >= 0.3 is 5.97 Å². The third-order valence-corrected chi connectivity index (χ3v) is 9.02. The molecule has 43 heavy (non-hydrogen) atoms. The van der Waals surface area contributed by atoms with E-state index in [0.717, 1.165) is 11.1 Å². The van der Waals surface area contributed by atoms with Gasteiger partial charge in [0.15, 0.2) is 11.5 Å². The first-order valence-electron chi connectivity index (χ1n) is 13.1. The summed E-state index contributed by atoms with van der Waals surface area (Å²) >= 11 is 23.9. The molecule has 1 atom stereocenters. The fraction of sp³-hybridized carbons (Fsp3) is 0.233. The van der Waals surface area contributed by atoms with E-state index in [-0.39, 0.29) is 6.61 Å². The van der Waals surface area contributed by atoms with Gasteiger partial charge in [0.2, 0.25) is 11.1 Å². The molecule has 0 aliphatic carbocycles. The van der Waals surface area contributed by atoms with Crippen LogP contribution in [0.5, 0.6) is 11.5 Å². The summed E-state index contributed by atoms with van der Waals surface area (Å²) in [5.74, 6) is 1.54.